The summed E-state index contributed by atoms with van der Waals surface area (Å²) in [6, 6.07) is 9.05. The van der Waals surface area contributed by atoms with Crippen molar-refractivity contribution in [3.05, 3.63) is 65.6 Å². The largest absolute Gasteiger partial charge is 0.341 e. The predicted octanol–water partition coefficient (Wildman–Crippen LogP) is 4.00. The molecule has 1 aliphatic rings. The van der Waals surface area contributed by atoms with Gasteiger partial charge in [0.15, 0.2) is 0 Å². The van der Waals surface area contributed by atoms with Crippen LogP contribution in [0.15, 0.2) is 42.7 Å². The van der Waals surface area contributed by atoms with E-state index in [9.17, 15) is 4.39 Å². The number of aromatic nitrogens is 4. The van der Waals surface area contributed by atoms with Crippen LogP contribution in [0.25, 0.3) is 16.7 Å². The minimum absolute atomic E-state index is 0.219. The lowest BCUT2D eigenvalue weighted by molar-refractivity contribution is 0.239. The van der Waals surface area contributed by atoms with Gasteiger partial charge in [-0.15, -0.1) is 0 Å². The summed E-state index contributed by atoms with van der Waals surface area (Å²) in [5.41, 5.74) is 4.83. The molecule has 0 aliphatic carbocycles. The minimum atomic E-state index is -0.240. The first-order valence-corrected chi connectivity index (χ1v) is 8.99. The number of benzene rings is 1. The second-order valence-electron chi connectivity index (χ2n) is 7.12. The van der Waals surface area contributed by atoms with E-state index >= 15 is 0 Å². The number of imidazole rings is 2. The molecule has 26 heavy (non-hydrogen) atoms. The van der Waals surface area contributed by atoms with Crippen LogP contribution in [0.2, 0.25) is 0 Å². The summed E-state index contributed by atoms with van der Waals surface area (Å²) in [4.78, 5) is 15.1. The fourth-order valence-electron chi connectivity index (χ4n) is 3.92. The summed E-state index contributed by atoms with van der Waals surface area (Å²) < 4.78 is 15.5. The Morgan fingerprint density at radius 1 is 1.19 bits per heavy atom. The summed E-state index contributed by atoms with van der Waals surface area (Å²) >= 11 is 0. The number of pyridine rings is 1. The molecule has 4 heterocycles. The van der Waals surface area contributed by atoms with Crippen molar-refractivity contribution in [3.63, 3.8) is 0 Å². The van der Waals surface area contributed by atoms with Gasteiger partial charge in [-0.1, -0.05) is 6.07 Å². The molecule has 4 aromatic rings. The number of hydrogen-bond acceptors (Lipinski definition) is 3. The van der Waals surface area contributed by atoms with Crippen molar-refractivity contribution in [2.45, 2.75) is 32.4 Å². The lowest BCUT2D eigenvalue weighted by Gasteiger charge is -2.21. The highest BCUT2D eigenvalue weighted by atomic mass is 19.1. The van der Waals surface area contributed by atoms with Crippen LogP contribution in [0.5, 0.6) is 0 Å². The summed E-state index contributed by atoms with van der Waals surface area (Å²) in [7, 11) is 0. The number of H-pyrrole nitrogens is 1. The molecule has 3 aromatic heterocycles. The van der Waals surface area contributed by atoms with Crippen molar-refractivity contribution in [1.29, 1.82) is 0 Å². The van der Waals surface area contributed by atoms with Gasteiger partial charge in [0.05, 0.1) is 22.8 Å². The van der Waals surface area contributed by atoms with Crippen LogP contribution in [0.1, 0.15) is 36.0 Å². The molecule has 0 bridgehead atoms. The molecular formula is C20H20FN5. The van der Waals surface area contributed by atoms with E-state index in [2.05, 4.69) is 39.7 Å². The summed E-state index contributed by atoms with van der Waals surface area (Å²) in [5.74, 6) is 0.679. The summed E-state index contributed by atoms with van der Waals surface area (Å²) in [6.07, 6.45) is 6.38. The maximum absolute atomic E-state index is 13.4. The van der Waals surface area contributed by atoms with Crippen molar-refractivity contribution < 1.29 is 4.39 Å². The number of rotatable bonds is 3. The number of likely N-dealkylation sites (tertiary alicyclic amines) is 1. The molecule has 5 rings (SSSR count). The second kappa shape index (κ2) is 5.92. The Morgan fingerprint density at radius 2 is 2.12 bits per heavy atom. The normalized spacial score (nSPS) is 18.3. The van der Waals surface area contributed by atoms with Crippen LogP contribution >= 0.6 is 0 Å². The number of fused-ring (bicyclic) bond motifs is 2. The Kier molecular flexibility index (Phi) is 3.53. The highest BCUT2D eigenvalue weighted by molar-refractivity contribution is 5.75. The van der Waals surface area contributed by atoms with Gasteiger partial charge in [0.1, 0.15) is 17.3 Å². The number of hydrogen-bond donors (Lipinski definition) is 1. The van der Waals surface area contributed by atoms with Crippen molar-refractivity contribution in [2.75, 3.05) is 6.54 Å². The molecule has 6 heteroatoms. The molecule has 1 saturated heterocycles. The zero-order valence-corrected chi connectivity index (χ0v) is 14.6. The number of halogens is 1. The number of nitrogens with zero attached hydrogens (tertiary/aromatic N) is 4. The highest BCUT2D eigenvalue weighted by Gasteiger charge is 2.29. The van der Waals surface area contributed by atoms with Gasteiger partial charge < -0.3 is 9.38 Å². The third kappa shape index (κ3) is 2.66. The molecule has 1 aromatic carbocycles. The zero-order chi connectivity index (χ0) is 17.7. The number of aryl methyl sites for hydroxylation is 1. The molecule has 5 nitrogen and oxygen atoms in total. The average molecular weight is 349 g/mol. The van der Waals surface area contributed by atoms with E-state index in [0.29, 0.717) is 0 Å². The predicted molar refractivity (Wildman–Crippen MR) is 98.4 cm³/mol. The second-order valence-corrected chi connectivity index (χ2v) is 7.12. The van der Waals surface area contributed by atoms with Gasteiger partial charge in [-0.25, -0.2) is 14.4 Å². The van der Waals surface area contributed by atoms with Gasteiger partial charge in [0.2, 0.25) is 0 Å². The van der Waals surface area contributed by atoms with Crippen LogP contribution in [-0.2, 0) is 6.54 Å². The Labute approximate surface area is 150 Å². The van der Waals surface area contributed by atoms with Crippen LogP contribution in [-0.4, -0.2) is 30.8 Å². The summed E-state index contributed by atoms with van der Waals surface area (Å²) in [5, 5.41) is 0. The molecule has 0 radical (unpaired) electrons. The van der Waals surface area contributed by atoms with E-state index in [-0.39, 0.29) is 11.9 Å². The van der Waals surface area contributed by atoms with Crippen LogP contribution in [0.3, 0.4) is 0 Å². The van der Waals surface area contributed by atoms with Gasteiger partial charge in [0.25, 0.3) is 0 Å². The smallest absolute Gasteiger partial charge is 0.137 e. The topological polar surface area (TPSA) is 49.2 Å². The fraction of sp³-hybridized carbons (Fsp3) is 0.300. The molecule has 0 spiro atoms. The lowest BCUT2D eigenvalue weighted by atomic mass is 10.2. The monoisotopic (exact) mass is 349 g/mol. The minimum Gasteiger partial charge on any atom is -0.341 e. The maximum Gasteiger partial charge on any atom is 0.137 e. The quantitative estimate of drug-likeness (QED) is 0.608. The van der Waals surface area contributed by atoms with E-state index in [0.717, 1.165) is 54.1 Å². The summed E-state index contributed by atoms with van der Waals surface area (Å²) in [6.45, 7) is 3.89. The van der Waals surface area contributed by atoms with Gasteiger partial charge >= 0.3 is 0 Å². The van der Waals surface area contributed by atoms with E-state index in [4.69, 9.17) is 9.97 Å². The Morgan fingerprint density at radius 3 is 3.04 bits per heavy atom. The standard InChI is InChI=1S/C20H20FN5/c1-13-4-7-19-22-15(12-26(19)10-13)11-25-8-2-3-18(25)20-23-16-6-5-14(21)9-17(16)24-20/h4-7,9-10,12,18H,2-3,8,11H2,1H3,(H,23,24)/t18-/m0/s1. The van der Waals surface area contributed by atoms with Crippen LogP contribution in [0, 0.1) is 12.7 Å². The van der Waals surface area contributed by atoms with E-state index in [1.165, 1.54) is 17.7 Å². The Bertz CT molecular complexity index is 1100. The van der Waals surface area contributed by atoms with Crippen molar-refractivity contribution in [1.82, 2.24) is 24.3 Å². The van der Waals surface area contributed by atoms with E-state index in [1.54, 1.807) is 6.07 Å². The molecule has 1 atom stereocenters. The molecule has 0 amide bonds. The number of aromatic amines is 1. The van der Waals surface area contributed by atoms with E-state index in [1.807, 2.05) is 6.07 Å². The van der Waals surface area contributed by atoms with Gasteiger partial charge in [-0.05, 0) is 56.1 Å². The molecular weight excluding hydrogens is 329 g/mol. The van der Waals surface area contributed by atoms with Crippen molar-refractivity contribution >= 4 is 16.7 Å². The number of nitrogens with one attached hydrogen (secondary N) is 1. The third-order valence-corrected chi connectivity index (χ3v) is 5.16. The lowest BCUT2D eigenvalue weighted by Crippen LogP contribution is -2.23. The Balaban J connectivity index is 1.43. The van der Waals surface area contributed by atoms with Gasteiger partial charge in [-0.3, -0.25) is 4.90 Å². The average Bonchev–Trinajstić information content (AvgIpc) is 3.31. The van der Waals surface area contributed by atoms with Gasteiger partial charge in [-0.2, -0.15) is 0 Å². The van der Waals surface area contributed by atoms with Crippen molar-refractivity contribution in [3.8, 4) is 0 Å². The van der Waals surface area contributed by atoms with Crippen molar-refractivity contribution in [2.24, 2.45) is 0 Å². The molecule has 132 valence electrons. The molecule has 1 N–H and O–H groups in total. The van der Waals surface area contributed by atoms with Crippen LogP contribution in [0.4, 0.5) is 4.39 Å². The highest BCUT2D eigenvalue weighted by Crippen LogP contribution is 2.32. The first-order chi connectivity index (χ1) is 12.7. The third-order valence-electron chi connectivity index (χ3n) is 5.16. The first-order valence-electron chi connectivity index (χ1n) is 8.99. The Hall–Kier alpha value is -2.73. The van der Waals surface area contributed by atoms with E-state index < -0.39 is 0 Å². The molecule has 0 saturated carbocycles. The van der Waals surface area contributed by atoms with Gasteiger partial charge in [0, 0.05) is 18.9 Å². The molecule has 1 aliphatic heterocycles. The SMILES string of the molecule is Cc1ccc2nc(CN3CCC[C@H]3c3nc4ccc(F)cc4[nH]3)cn2c1. The molecule has 1 fully saturated rings. The zero-order valence-electron chi connectivity index (χ0n) is 14.6. The fourth-order valence-corrected chi connectivity index (χ4v) is 3.92. The first kappa shape index (κ1) is 15.5. The maximum atomic E-state index is 13.4. The molecule has 0 unspecified atom stereocenters. The van der Waals surface area contributed by atoms with Crippen LogP contribution < -0.4 is 0 Å².